The molecule has 0 amide bonds. The first-order valence-corrected chi connectivity index (χ1v) is 12.5. The summed E-state index contributed by atoms with van der Waals surface area (Å²) < 4.78 is 84.1. The van der Waals surface area contributed by atoms with Crippen molar-refractivity contribution in [2.24, 2.45) is 0 Å². The van der Waals surface area contributed by atoms with Crippen molar-refractivity contribution in [3.8, 4) is 11.5 Å². The molecule has 0 aromatic heterocycles. The zero-order valence-corrected chi connectivity index (χ0v) is 21.5. The van der Waals surface area contributed by atoms with Crippen molar-refractivity contribution >= 4 is 22.2 Å². The van der Waals surface area contributed by atoms with E-state index >= 15 is 0 Å². The molecule has 0 saturated heterocycles. The summed E-state index contributed by atoms with van der Waals surface area (Å²) in [6, 6.07) is 26.5. The third-order valence-corrected chi connectivity index (χ3v) is 6.69. The van der Waals surface area contributed by atoms with Gasteiger partial charge in [0.25, 0.3) is 0 Å². The molecular weight excluding hydrogens is 538 g/mol. The quantitative estimate of drug-likeness (QED) is 0.127. The Morgan fingerprint density at radius 1 is 0.513 bits per heavy atom. The number of alkyl halides is 6. The first-order chi connectivity index (χ1) is 18.4. The van der Waals surface area contributed by atoms with Gasteiger partial charge in [0.1, 0.15) is 11.5 Å². The Labute approximate surface area is 225 Å². The Hall–Kier alpha value is -3.85. The van der Waals surface area contributed by atoms with Crippen molar-refractivity contribution in [1.29, 1.82) is 0 Å². The summed E-state index contributed by atoms with van der Waals surface area (Å²) in [7, 11) is 0. The molecule has 0 aliphatic carbocycles. The molecule has 0 unspecified atom stereocenters. The zero-order valence-electron chi connectivity index (χ0n) is 20.7. The van der Waals surface area contributed by atoms with Gasteiger partial charge in [0.15, 0.2) is 0 Å². The second-order valence-electron chi connectivity index (χ2n) is 8.63. The van der Waals surface area contributed by atoms with Gasteiger partial charge in [-0.15, -0.1) is 26.3 Å². The standard InChI is InChI=1S/C30H22F6O2S/c1-19-3-7-21(8-4-19)27(22-11-13-24(14-12-22)37-29(31,32)33)28(23-9-5-20(2)6-10-23)39-26-17-15-25(16-18-26)38-30(34,35)36/h3-18H,1-2H3/b28-27-. The Balaban J connectivity index is 1.86. The van der Waals surface area contributed by atoms with E-state index < -0.39 is 12.7 Å². The Morgan fingerprint density at radius 3 is 1.28 bits per heavy atom. The van der Waals surface area contributed by atoms with Gasteiger partial charge in [-0.3, -0.25) is 0 Å². The average Bonchev–Trinajstić information content (AvgIpc) is 2.85. The molecule has 0 saturated carbocycles. The molecule has 202 valence electrons. The van der Waals surface area contributed by atoms with Crippen molar-refractivity contribution in [2.45, 2.75) is 31.5 Å². The number of benzene rings is 4. The fourth-order valence-electron chi connectivity index (χ4n) is 3.76. The van der Waals surface area contributed by atoms with Gasteiger partial charge < -0.3 is 9.47 Å². The molecule has 0 atom stereocenters. The summed E-state index contributed by atoms with van der Waals surface area (Å²) in [6.45, 7) is 3.89. The van der Waals surface area contributed by atoms with Crippen molar-refractivity contribution in [1.82, 2.24) is 0 Å². The summed E-state index contributed by atoms with van der Waals surface area (Å²) in [4.78, 5) is 1.40. The molecule has 0 aliphatic heterocycles. The molecule has 0 spiro atoms. The predicted octanol–water partition coefficient (Wildman–Crippen LogP) is 9.81. The monoisotopic (exact) mass is 560 g/mol. The van der Waals surface area contributed by atoms with Crippen LogP contribution in [0, 0.1) is 13.8 Å². The van der Waals surface area contributed by atoms with E-state index in [0.717, 1.165) is 32.7 Å². The largest absolute Gasteiger partial charge is 0.573 e. The van der Waals surface area contributed by atoms with Crippen molar-refractivity contribution in [3.05, 3.63) is 125 Å². The highest BCUT2D eigenvalue weighted by Gasteiger charge is 2.32. The molecule has 0 heterocycles. The van der Waals surface area contributed by atoms with Crippen LogP contribution in [0.5, 0.6) is 11.5 Å². The van der Waals surface area contributed by atoms with Crippen LogP contribution >= 0.6 is 11.8 Å². The molecule has 0 N–H and O–H groups in total. The first-order valence-electron chi connectivity index (χ1n) is 11.6. The minimum Gasteiger partial charge on any atom is -0.406 e. The molecule has 39 heavy (non-hydrogen) atoms. The molecule has 0 radical (unpaired) electrons. The molecule has 0 aliphatic rings. The topological polar surface area (TPSA) is 18.5 Å². The van der Waals surface area contributed by atoms with Crippen LogP contribution in [-0.2, 0) is 0 Å². The van der Waals surface area contributed by atoms with E-state index in [-0.39, 0.29) is 11.5 Å². The number of hydrogen-bond donors (Lipinski definition) is 0. The summed E-state index contributed by atoms with van der Waals surface area (Å²) in [5.41, 5.74) is 5.06. The van der Waals surface area contributed by atoms with Crippen LogP contribution < -0.4 is 9.47 Å². The van der Waals surface area contributed by atoms with E-state index in [4.69, 9.17) is 0 Å². The summed E-state index contributed by atoms with van der Waals surface area (Å²) >= 11 is 1.32. The molecule has 0 bridgehead atoms. The van der Waals surface area contributed by atoms with E-state index in [2.05, 4.69) is 9.47 Å². The van der Waals surface area contributed by atoms with Gasteiger partial charge in [-0.2, -0.15) is 0 Å². The predicted molar refractivity (Wildman–Crippen MR) is 140 cm³/mol. The SMILES string of the molecule is Cc1ccc(/C(Sc2ccc(OC(F)(F)F)cc2)=C(\c2ccc(C)cc2)c2ccc(OC(F)(F)F)cc2)cc1. The van der Waals surface area contributed by atoms with E-state index in [0.29, 0.717) is 10.5 Å². The van der Waals surface area contributed by atoms with E-state index in [1.54, 1.807) is 12.1 Å². The molecular formula is C30H22F6O2S. The van der Waals surface area contributed by atoms with Gasteiger partial charge in [0.05, 0.1) is 0 Å². The summed E-state index contributed by atoms with van der Waals surface area (Å²) in [6.07, 6.45) is -9.62. The van der Waals surface area contributed by atoms with Crippen molar-refractivity contribution < 1.29 is 35.8 Å². The molecule has 4 rings (SSSR count). The lowest BCUT2D eigenvalue weighted by Crippen LogP contribution is -2.17. The Kier molecular flexibility index (Phi) is 8.30. The third kappa shape index (κ3) is 8.07. The highest BCUT2D eigenvalue weighted by molar-refractivity contribution is 8.08. The normalized spacial score (nSPS) is 12.6. The van der Waals surface area contributed by atoms with Crippen LogP contribution in [0.25, 0.3) is 10.5 Å². The van der Waals surface area contributed by atoms with Crippen LogP contribution in [0.4, 0.5) is 26.3 Å². The number of aryl methyl sites for hydroxylation is 2. The van der Waals surface area contributed by atoms with E-state index in [1.165, 1.54) is 48.2 Å². The summed E-state index contributed by atoms with van der Waals surface area (Å²) in [5, 5.41) is 0. The maximum Gasteiger partial charge on any atom is 0.573 e. The number of thioether (sulfide) groups is 1. The van der Waals surface area contributed by atoms with Gasteiger partial charge in [0, 0.05) is 15.4 Å². The lowest BCUT2D eigenvalue weighted by atomic mass is 9.94. The second kappa shape index (κ2) is 11.5. The lowest BCUT2D eigenvalue weighted by Gasteiger charge is -2.18. The van der Waals surface area contributed by atoms with Gasteiger partial charge in [-0.25, -0.2) is 0 Å². The molecule has 4 aromatic carbocycles. The highest BCUT2D eigenvalue weighted by atomic mass is 32.2. The minimum atomic E-state index is -4.82. The van der Waals surface area contributed by atoms with Crippen LogP contribution in [-0.4, -0.2) is 12.7 Å². The van der Waals surface area contributed by atoms with Crippen LogP contribution in [0.2, 0.25) is 0 Å². The Morgan fingerprint density at radius 2 is 0.872 bits per heavy atom. The number of halogens is 6. The zero-order chi connectivity index (χ0) is 28.2. The van der Waals surface area contributed by atoms with Gasteiger partial charge in [0.2, 0.25) is 0 Å². The third-order valence-electron chi connectivity index (χ3n) is 5.53. The second-order valence-corrected chi connectivity index (χ2v) is 9.71. The van der Waals surface area contributed by atoms with Crippen LogP contribution in [0.1, 0.15) is 27.8 Å². The molecule has 2 nitrogen and oxygen atoms in total. The van der Waals surface area contributed by atoms with Crippen LogP contribution in [0.3, 0.4) is 0 Å². The van der Waals surface area contributed by atoms with Gasteiger partial charge >= 0.3 is 12.7 Å². The van der Waals surface area contributed by atoms with Crippen LogP contribution in [0.15, 0.2) is 102 Å². The van der Waals surface area contributed by atoms with Gasteiger partial charge in [-0.1, -0.05) is 83.6 Å². The maximum absolute atomic E-state index is 12.7. The first kappa shape index (κ1) is 28.2. The molecule has 9 heteroatoms. The number of ether oxygens (including phenoxy) is 2. The molecule has 4 aromatic rings. The van der Waals surface area contributed by atoms with E-state index in [1.807, 2.05) is 62.4 Å². The minimum absolute atomic E-state index is 0.341. The fourth-order valence-corrected chi connectivity index (χ4v) is 4.86. The summed E-state index contributed by atoms with van der Waals surface area (Å²) in [5.74, 6) is -0.689. The van der Waals surface area contributed by atoms with Crippen molar-refractivity contribution in [3.63, 3.8) is 0 Å². The smallest absolute Gasteiger partial charge is 0.406 e. The Bertz CT molecular complexity index is 1420. The average molecular weight is 561 g/mol. The number of hydrogen-bond acceptors (Lipinski definition) is 3. The van der Waals surface area contributed by atoms with Gasteiger partial charge in [-0.05, 0) is 66.9 Å². The number of rotatable bonds is 7. The maximum atomic E-state index is 12.7. The van der Waals surface area contributed by atoms with E-state index in [9.17, 15) is 26.3 Å². The molecule has 0 fully saturated rings. The highest BCUT2D eigenvalue weighted by Crippen LogP contribution is 2.44. The lowest BCUT2D eigenvalue weighted by molar-refractivity contribution is -0.275. The fraction of sp³-hybridized carbons (Fsp3) is 0.133. The van der Waals surface area contributed by atoms with Crippen molar-refractivity contribution in [2.75, 3.05) is 0 Å².